The number of unbranched alkanes of at least 4 members (excludes halogenated alkanes) is 1. The Morgan fingerprint density at radius 1 is 0.974 bits per heavy atom. The van der Waals surface area contributed by atoms with Gasteiger partial charge in [-0.1, -0.05) is 72.9 Å². The van der Waals surface area contributed by atoms with Crippen molar-refractivity contribution in [3.05, 3.63) is 94.2 Å². The third kappa shape index (κ3) is 7.71. The van der Waals surface area contributed by atoms with E-state index in [1.807, 2.05) is 6.92 Å². The van der Waals surface area contributed by atoms with Gasteiger partial charge in [-0.05, 0) is 55.3 Å². The molecule has 0 bridgehead atoms. The second kappa shape index (κ2) is 13.8. The quantitative estimate of drug-likeness (QED) is 0.274. The Bertz CT molecular complexity index is 1390. The molecule has 7 nitrogen and oxygen atoms in total. The van der Waals surface area contributed by atoms with Gasteiger partial charge in [0.25, 0.3) is 10.0 Å². The number of rotatable bonds is 12. The standard InChI is InChI=1S/C28H30Cl2FN3O4S/c1-3-4-17-32-28(36)20(2)33(18-21-13-15-22(31)16-14-21)26(35)19-34(25-12-8-11-24(29)27(25)30)39(37,38)23-9-6-5-7-10-23/h5-16,20H,3-4,17-19H2,1-2H3,(H,32,36). The van der Waals surface area contributed by atoms with Gasteiger partial charge in [0.05, 0.1) is 20.6 Å². The highest BCUT2D eigenvalue weighted by Gasteiger charge is 2.33. The molecule has 208 valence electrons. The molecule has 0 spiro atoms. The fourth-order valence-electron chi connectivity index (χ4n) is 3.82. The first-order valence-corrected chi connectivity index (χ1v) is 14.6. The van der Waals surface area contributed by atoms with Crippen LogP contribution in [-0.2, 0) is 26.2 Å². The minimum absolute atomic E-state index is 0.0168. The predicted molar refractivity (Wildman–Crippen MR) is 152 cm³/mol. The van der Waals surface area contributed by atoms with Crippen LogP contribution in [0.3, 0.4) is 0 Å². The molecule has 3 rings (SSSR count). The van der Waals surface area contributed by atoms with Crippen molar-refractivity contribution >= 4 is 50.7 Å². The number of anilines is 1. The fourth-order valence-corrected chi connectivity index (χ4v) is 5.72. The van der Waals surface area contributed by atoms with Gasteiger partial charge in [0.15, 0.2) is 0 Å². The van der Waals surface area contributed by atoms with E-state index in [0.29, 0.717) is 12.1 Å². The summed E-state index contributed by atoms with van der Waals surface area (Å²) in [5.41, 5.74) is 0.583. The third-order valence-electron chi connectivity index (χ3n) is 6.07. The molecular formula is C28H30Cl2FN3O4S. The topological polar surface area (TPSA) is 86.8 Å². The average molecular weight is 595 g/mol. The normalized spacial score (nSPS) is 12.0. The van der Waals surface area contributed by atoms with Gasteiger partial charge in [-0.2, -0.15) is 0 Å². The van der Waals surface area contributed by atoms with Crippen LogP contribution in [0.4, 0.5) is 10.1 Å². The van der Waals surface area contributed by atoms with E-state index in [4.69, 9.17) is 23.2 Å². The van der Waals surface area contributed by atoms with Crippen LogP contribution < -0.4 is 9.62 Å². The number of hydrogen-bond acceptors (Lipinski definition) is 4. The van der Waals surface area contributed by atoms with Gasteiger partial charge in [-0.25, -0.2) is 12.8 Å². The number of sulfonamides is 1. The highest BCUT2D eigenvalue weighted by molar-refractivity contribution is 7.92. The summed E-state index contributed by atoms with van der Waals surface area (Å²) in [6.45, 7) is 3.27. The summed E-state index contributed by atoms with van der Waals surface area (Å²) in [5, 5.41) is 2.88. The zero-order chi connectivity index (χ0) is 28.6. The highest BCUT2D eigenvalue weighted by Crippen LogP contribution is 2.35. The number of halogens is 3. The Morgan fingerprint density at radius 3 is 2.28 bits per heavy atom. The van der Waals surface area contributed by atoms with Crippen LogP contribution in [0.5, 0.6) is 0 Å². The maximum atomic E-state index is 13.8. The second-order valence-corrected chi connectivity index (χ2v) is 11.5. The van der Waals surface area contributed by atoms with Crippen molar-refractivity contribution in [3.63, 3.8) is 0 Å². The summed E-state index contributed by atoms with van der Waals surface area (Å²) in [6.07, 6.45) is 1.64. The van der Waals surface area contributed by atoms with Crippen LogP contribution >= 0.6 is 23.2 Å². The summed E-state index contributed by atoms with van der Waals surface area (Å²) in [6, 6.07) is 16.7. The second-order valence-electron chi connectivity index (χ2n) is 8.87. The lowest BCUT2D eigenvalue weighted by molar-refractivity contribution is -0.139. The molecule has 2 amide bonds. The van der Waals surface area contributed by atoms with E-state index in [-0.39, 0.29) is 27.2 Å². The first-order valence-electron chi connectivity index (χ1n) is 12.4. The summed E-state index contributed by atoms with van der Waals surface area (Å²) in [7, 11) is -4.27. The Morgan fingerprint density at radius 2 is 1.64 bits per heavy atom. The molecule has 1 atom stereocenters. The largest absolute Gasteiger partial charge is 0.354 e. The molecule has 3 aromatic carbocycles. The van der Waals surface area contributed by atoms with E-state index in [0.717, 1.165) is 17.1 Å². The monoisotopic (exact) mass is 593 g/mol. The highest BCUT2D eigenvalue weighted by atomic mass is 35.5. The smallest absolute Gasteiger partial charge is 0.264 e. The first kappa shape index (κ1) is 30.4. The van der Waals surface area contributed by atoms with Gasteiger partial charge in [-0.15, -0.1) is 0 Å². The molecule has 0 aliphatic heterocycles. The molecule has 11 heteroatoms. The van der Waals surface area contributed by atoms with E-state index in [1.165, 1.54) is 59.5 Å². The zero-order valence-corrected chi connectivity index (χ0v) is 23.9. The van der Waals surface area contributed by atoms with Crippen LogP contribution in [-0.4, -0.2) is 44.3 Å². The van der Waals surface area contributed by atoms with Crippen molar-refractivity contribution in [2.75, 3.05) is 17.4 Å². The SMILES string of the molecule is CCCCNC(=O)C(C)N(Cc1ccc(F)cc1)C(=O)CN(c1cccc(Cl)c1Cl)S(=O)(=O)c1ccccc1. The minimum Gasteiger partial charge on any atom is -0.354 e. The van der Waals surface area contributed by atoms with Crippen LogP contribution in [0.1, 0.15) is 32.3 Å². The average Bonchev–Trinajstić information content (AvgIpc) is 2.93. The summed E-state index contributed by atoms with van der Waals surface area (Å²) < 4.78 is 41.9. The number of nitrogens with one attached hydrogen (secondary N) is 1. The van der Waals surface area contributed by atoms with Gasteiger partial charge < -0.3 is 10.2 Å². The molecule has 0 saturated carbocycles. The van der Waals surface area contributed by atoms with Crippen LogP contribution in [0, 0.1) is 5.82 Å². The molecular weight excluding hydrogens is 564 g/mol. The molecule has 1 N–H and O–H groups in total. The maximum absolute atomic E-state index is 13.8. The summed E-state index contributed by atoms with van der Waals surface area (Å²) in [5.74, 6) is -1.50. The predicted octanol–water partition coefficient (Wildman–Crippen LogP) is 5.66. The molecule has 0 aliphatic carbocycles. The molecule has 0 aromatic heterocycles. The Hall–Kier alpha value is -3.14. The lowest BCUT2D eigenvalue weighted by Gasteiger charge is -2.32. The maximum Gasteiger partial charge on any atom is 0.264 e. The molecule has 39 heavy (non-hydrogen) atoms. The number of carbonyl (C=O) groups is 2. The van der Waals surface area contributed by atoms with E-state index < -0.39 is 40.2 Å². The molecule has 0 heterocycles. The van der Waals surface area contributed by atoms with Crippen LogP contribution in [0.2, 0.25) is 10.0 Å². The van der Waals surface area contributed by atoms with Crippen molar-refractivity contribution in [3.8, 4) is 0 Å². The van der Waals surface area contributed by atoms with Gasteiger partial charge in [0.2, 0.25) is 11.8 Å². The van der Waals surface area contributed by atoms with E-state index in [2.05, 4.69) is 5.32 Å². The van der Waals surface area contributed by atoms with Crippen molar-refractivity contribution in [1.29, 1.82) is 0 Å². The molecule has 3 aromatic rings. The summed E-state index contributed by atoms with van der Waals surface area (Å²) in [4.78, 5) is 28.0. The van der Waals surface area contributed by atoms with E-state index in [1.54, 1.807) is 25.1 Å². The molecule has 0 fully saturated rings. The van der Waals surface area contributed by atoms with Crippen molar-refractivity contribution in [2.24, 2.45) is 0 Å². The van der Waals surface area contributed by atoms with E-state index >= 15 is 0 Å². The first-order chi connectivity index (χ1) is 18.6. The molecule has 0 aliphatic rings. The number of hydrogen-bond donors (Lipinski definition) is 1. The van der Waals surface area contributed by atoms with E-state index in [9.17, 15) is 22.4 Å². The van der Waals surface area contributed by atoms with Crippen LogP contribution in [0.25, 0.3) is 0 Å². The van der Waals surface area contributed by atoms with Gasteiger partial charge in [0.1, 0.15) is 18.4 Å². The fraction of sp³-hybridized carbons (Fsp3) is 0.286. The lowest BCUT2D eigenvalue weighted by atomic mass is 10.1. The van der Waals surface area contributed by atoms with Crippen molar-refractivity contribution in [1.82, 2.24) is 10.2 Å². The minimum atomic E-state index is -4.27. The van der Waals surface area contributed by atoms with Gasteiger partial charge in [0, 0.05) is 13.1 Å². The molecule has 0 saturated heterocycles. The number of carbonyl (C=O) groups excluding carboxylic acids is 2. The Balaban J connectivity index is 2.02. The number of nitrogens with zero attached hydrogens (tertiary/aromatic N) is 2. The lowest BCUT2D eigenvalue weighted by Crippen LogP contribution is -2.51. The zero-order valence-electron chi connectivity index (χ0n) is 21.6. The Labute approximate surface area is 238 Å². The van der Waals surface area contributed by atoms with Crippen molar-refractivity contribution < 1.29 is 22.4 Å². The third-order valence-corrected chi connectivity index (χ3v) is 8.66. The van der Waals surface area contributed by atoms with Gasteiger partial charge >= 0.3 is 0 Å². The number of amides is 2. The van der Waals surface area contributed by atoms with Crippen LogP contribution in [0.15, 0.2) is 77.7 Å². The molecule has 1 unspecified atom stereocenters. The summed E-state index contributed by atoms with van der Waals surface area (Å²) >= 11 is 12.6. The van der Waals surface area contributed by atoms with Crippen molar-refractivity contribution in [2.45, 2.75) is 44.2 Å². The molecule has 0 radical (unpaired) electrons. The number of benzene rings is 3. The van der Waals surface area contributed by atoms with Gasteiger partial charge in [-0.3, -0.25) is 13.9 Å². The Kier molecular flexibility index (Phi) is 10.7.